The molecule has 1 aliphatic heterocycles. The maximum absolute atomic E-state index is 11.7. The lowest BCUT2D eigenvalue weighted by Crippen LogP contribution is -2.49. The van der Waals surface area contributed by atoms with Crippen LogP contribution in [0.5, 0.6) is 0 Å². The lowest BCUT2D eigenvalue weighted by molar-refractivity contribution is -0.119. The highest BCUT2D eigenvalue weighted by Crippen LogP contribution is 2.29. The van der Waals surface area contributed by atoms with E-state index in [1.807, 2.05) is 18.7 Å². The second kappa shape index (κ2) is 6.26. The van der Waals surface area contributed by atoms with Crippen molar-refractivity contribution in [3.05, 3.63) is 11.3 Å². The Morgan fingerprint density at radius 3 is 2.90 bits per heavy atom. The summed E-state index contributed by atoms with van der Waals surface area (Å²) in [5, 5.41) is 7.86. The number of nitrogens with two attached hydrogens (primary N) is 1. The molecule has 1 unspecified atom stereocenters. The van der Waals surface area contributed by atoms with Gasteiger partial charge in [-0.05, 0) is 32.7 Å². The maximum Gasteiger partial charge on any atom is 0.240 e. The Hall–Kier alpha value is -1.56. The van der Waals surface area contributed by atoms with Gasteiger partial charge < -0.3 is 16.0 Å². The van der Waals surface area contributed by atoms with Gasteiger partial charge in [-0.15, -0.1) is 0 Å². The van der Waals surface area contributed by atoms with Gasteiger partial charge in [0.15, 0.2) is 0 Å². The topological polar surface area (TPSA) is 76.2 Å². The summed E-state index contributed by atoms with van der Waals surface area (Å²) in [6, 6.07) is -0.209. The lowest BCUT2D eigenvalue weighted by atomic mass is 10.0. The van der Waals surface area contributed by atoms with Gasteiger partial charge >= 0.3 is 0 Å². The van der Waals surface area contributed by atoms with Crippen LogP contribution < -0.4 is 16.0 Å². The van der Waals surface area contributed by atoms with Crippen molar-refractivity contribution in [2.24, 2.45) is 12.8 Å². The van der Waals surface area contributed by atoms with Crippen LogP contribution in [0.4, 0.5) is 5.82 Å². The Morgan fingerprint density at radius 2 is 2.25 bits per heavy atom. The van der Waals surface area contributed by atoms with Gasteiger partial charge in [0.2, 0.25) is 5.91 Å². The molecule has 112 valence electrons. The molecular weight excluding hydrogens is 254 g/mol. The summed E-state index contributed by atoms with van der Waals surface area (Å²) in [5.41, 5.74) is 7.76. The van der Waals surface area contributed by atoms with Gasteiger partial charge in [0.25, 0.3) is 0 Å². The van der Waals surface area contributed by atoms with Crippen LogP contribution in [-0.4, -0.2) is 34.8 Å². The number of hydrogen-bond donors (Lipinski definition) is 2. The summed E-state index contributed by atoms with van der Waals surface area (Å²) < 4.78 is 1.88. The number of anilines is 1. The third-order valence-corrected chi connectivity index (χ3v) is 3.97. The molecule has 0 spiro atoms. The molecule has 0 aromatic carbocycles. The third kappa shape index (κ3) is 2.80. The summed E-state index contributed by atoms with van der Waals surface area (Å²) in [7, 11) is 1.93. The fourth-order valence-corrected chi connectivity index (χ4v) is 2.99. The molecule has 6 heteroatoms. The largest absolute Gasteiger partial charge is 0.368 e. The second-order valence-corrected chi connectivity index (χ2v) is 5.40. The van der Waals surface area contributed by atoms with Crippen LogP contribution in [0.15, 0.2) is 0 Å². The van der Waals surface area contributed by atoms with Crippen molar-refractivity contribution in [1.29, 1.82) is 0 Å². The first-order chi connectivity index (χ1) is 9.56. The van der Waals surface area contributed by atoms with Gasteiger partial charge in [-0.2, -0.15) is 5.10 Å². The van der Waals surface area contributed by atoms with Crippen molar-refractivity contribution >= 4 is 11.7 Å². The fraction of sp³-hybridized carbons (Fsp3) is 0.714. The van der Waals surface area contributed by atoms with Gasteiger partial charge in [0, 0.05) is 25.7 Å². The fourth-order valence-electron chi connectivity index (χ4n) is 2.99. The molecule has 0 saturated carbocycles. The summed E-state index contributed by atoms with van der Waals surface area (Å²) in [6.45, 7) is 6.64. The molecule has 1 amide bonds. The molecule has 1 aliphatic rings. The molecule has 2 heterocycles. The number of rotatable bonds is 5. The number of hydrogen-bond acceptors (Lipinski definition) is 4. The molecule has 1 atom stereocenters. The van der Waals surface area contributed by atoms with E-state index in [0.29, 0.717) is 0 Å². The van der Waals surface area contributed by atoms with E-state index >= 15 is 0 Å². The van der Waals surface area contributed by atoms with Crippen LogP contribution >= 0.6 is 0 Å². The van der Waals surface area contributed by atoms with Crippen LogP contribution in [0.1, 0.15) is 37.4 Å². The van der Waals surface area contributed by atoms with Gasteiger partial charge in [-0.25, -0.2) is 0 Å². The van der Waals surface area contributed by atoms with Crippen molar-refractivity contribution < 1.29 is 4.79 Å². The van der Waals surface area contributed by atoms with E-state index < -0.39 is 0 Å². The van der Waals surface area contributed by atoms with E-state index in [9.17, 15) is 4.79 Å². The quantitative estimate of drug-likeness (QED) is 0.831. The monoisotopic (exact) mass is 279 g/mol. The molecule has 0 bridgehead atoms. The second-order valence-electron chi connectivity index (χ2n) is 5.40. The number of nitrogens with one attached hydrogen (secondary N) is 1. The number of primary amides is 1. The number of piperidine rings is 1. The third-order valence-electron chi connectivity index (χ3n) is 3.97. The van der Waals surface area contributed by atoms with Crippen molar-refractivity contribution in [2.45, 2.75) is 45.7 Å². The molecule has 0 radical (unpaired) electrons. The number of carbonyl (C=O) groups excluding carboxylic acids is 1. The molecule has 20 heavy (non-hydrogen) atoms. The summed E-state index contributed by atoms with van der Waals surface area (Å²) in [4.78, 5) is 13.9. The van der Waals surface area contributed by atoms with E-state index in [4.69, 9.17) is 5.73 Å². The molecule has 1 aromatic heterocycles. The number of aryl methyl sites for hydroxylation is 2. The molecule has 1 saturated heterocycles. The van der Waals surface area contributed by atoms with Gasteiger partial charge in [-0.1, -0.05) is 6.92 Å². The van der Waals surface area contributed by atoms with Gasteiger partial charge in [-0.3, -0.25) is 9.48 Å². The average Bonchev–Trinajstić information content (AvgIpc) is 2.70. The number of aromatic nitrogens is 2. The summed E-state index contributed by atoms with van der Waals surface area (Å²) in [6.07, 6.45) is 2.98. The van der Waals surface area contributed by atoms with E-state index in [0.717, 1.165) is 50.4 Å². The SMILES string of the molecule is CCNCc1c(C)nn(C)c1N1CCCCC1C(N)=O. The van der Waals surface area contributed by atoms with Crippen LogP contribution in [0.3, 0.4) is 0 Å². The zero-order valence-corrected chi connectivity index (χ0v) is 12.6. The predicted molar refractivity (Wildman–Crippen MR) is 79.5 cm³/mol. The highest BCUT2D eigenvalue weighted by Gasteiger charge is 2.31. The molecule has 6 nitrogen and oxygen atoms in total. The highest BCUT2D eigenvalue weighted by molar-refractivity contribution is 5.83. The minimum Gasteiger partial charge on any atom is -0.368 e. The predicted octanol–water partition coefficient (Wildman–Crippen LogP) is 0.682. The summed E-state index contributed by atoms with van der Waals surface area (Å²) >= 11 is 0. The summed E-state index contributed by atoms with van der Waals surface area (Å²) in [5.74, 6) is 0.796. The Morgan fingerprint density at radius 1 is 1.50 bits per heavy atom. The van der Waals surface area contributed by atoms with E-state index in [2.05, 4.69) is 22.2 Å². The number of nitrogens with zero attached hydrogens (tertiary/aromatic N) is 3. The Bertz CT molecular complexity index is 482. The first-order valence-electron chi connectivity index (χ1n) is 7.35. The minimum absolute atomic E-state index is 0.209. The Kier molecular flexibility index (Phi) is 4.65. The first-order valence-corrected chi connectivity index (χ1v) is 7.35. The Balaban J connectivity index is 2.36. The zero-order valence-electron chi connectivity index (χ0n) is 12.6. The average molecular weight is 279 g/mol. The Labute approximate surface area is 120 Å². The van der Waals surface area contributed by atoms with Gasteiger partial charge in [0.05, 0.1) is 5.69 Å². The normalized spacial score (nSPS) is 19.4. The highest BCUT2D eigenvalue weighted by atomic mass is 16.1. The van der Waals surface area contributed by atoms with Crippen molar-refractivity contribution in [3.8, 4) is 0 Å². The molecule has 1 fully saturated rings. The first kappa shape index (κ1) is 14.8. The lowest BCUT2D eigenvalue weighted by Gasteiger charge is -2.36. The van der Waals surface area contributed by atoms with Gasteiger partial charge in [0.1, 0.15) is 11.9 Å². The van der Waals surface area contributed by atoms with Crippen molar-refractivity contribution in [2.75, 3.05) is 18.0 Å². The van der Waals surface area contributed by atoms with Crippen LogP contribution in [0, 0.1) is 6.92 Å². The molecule has 3 N–H and O–H groups in total. The number of carbonyl (C=O) groups is 1. The van der Waals surface area contributed by atoms with Crippen molar-refractivity contribution in [1.82, 2.24) is 15.1 Å². The van der Waals surface area contributed by atoms with E-state index in [1.54, 1.807) is 0 Å². The maximum atomic E-state index is 11.7. The molecule has 2 rings (SSSR count). The zero-order chi connectivity index (χ0) is 14.7. The van der Waals surface area contributed by atoms with Crippen LogP contribution in [0.2, 0.25) is 0 Å². The van der Waals surface area contributed by atoms with Crippen LogP contribution in [-0.2, 0) is 18.4 Å². The minimum atomic E-state index is -0.238. The van der Waals surface area contributed by atoms with E-state index in [-0.39, 0.29) is 11.9 Å². The standard InChI is InChI=1S/C14H25N5O/c1-4-16-9-11-10(2)17-18(3)14(11)19-8-6-5-7-12(19)13(15)20/h12,16H,4-9H2,1-3H3,(H2,15,20). The number of amides is 1. The van der Waals surface area contributed by atoms with Crippen molar-refractivity contribution in [3.63, 3.8) is 0 Å². The smallest absolute Gasteiger partial charge is 0.240 e. The molecule has 1 aromatic rings. The molecule has 0 aliphatic carbocycles. The van der Waals surface area contributed by atoms with Crippen LogP contribution in [0.25, 0.3) is 0 Å². The van der Waals surface area contributed by atoms with E-state index in [1.165, 1.54) is 5.56 Å². The molecular formula is C14H25N5O.